The minimum absolute atomic E-state index is 0.0275. The molecule has 0 aliphatic heterocycles. The van der Waals surface area contributed by atoms with Crippen molar-refractivity contribution in [2.75, 3.05) is 0 Å². The van der Waals surface area contributed by atoms with Gasteiger partial charge in [-0.3, -0.25) is 4.79 Å². The fourth-order valence-electron chi connectivity index (χ4n) is 1.48. The van der Waals surface area contributed by atoms with Crippen molar-refractivity contribution in [3.63, 3.8) is 0 Å². The van der Waals surface area contributed by atoms with Gasteiger partial charge in [0.15, 0.2) is 0 Å². The molecule has 16 heavy (non-hydrogen) atoms. The van der Waals surface area contributed by atoms with Crippen molar-refractivity contribution in [1.82, 2.24) is 5.32 Å². The molecule has 0 saturated carbocycles. The fraction of sp³-hybridized carbons (Fsp3) is 0.250. The summed E-state index contributed by atoms with van der Waals surface area (Å²) in [6, 6.07) is 5.65. The second-order valence-electron chi connectivity index (χ2n) is 3.67. The molecule has 0 aliphatic carbocycles. The minimum atomic E-state index is -0.0275. The van der Waals surface area contributed by atoms with E-state index in [9.17, 15) is 4.79 Å². The van der Waals surface area contributed by atoms with E-state index in [1.807, 2.05) is 35.9 Å². The molecule has 0 aromatic carbocycles. The average Bonchev–Trinajstić information content (AvgIpc) is 2.88. The smallest absolute Gasteiger partial charge is 0.252 e. The van der Waals surface area contributed by atoms with Crippen LogP contribution in [0.25, 0.3) is 0 Å². The number of carbonyl (C=O) groups excluding carboxylic acids is 1. The van der Waals surface area contributed by atoms with Crippen LogP contribution < -0.4 is 5.32 Å². The molecule has 1 amide bonds. The molecule has 0 saturated heterocycles. The molecule has 1 atom stereocenters. The van der Waals surface area contributed by atoms with Crippen LogP contribution in [-0.4, -0.2) is 11.9 Å². The van der Waals surface area contributed by atoms with Crippen LogP contribution in [0.4, 0.5) is 0 Å². The summed E-state index contributed by atoms with van der Waals surface area (Å²) in [6.45, 7) is 1.97. The topological polar surface area (TPSA) is 42.2 Å². The summed E-state index contributed by atoms with van der Waals surface area (Å²) < 4.78 is 5.23. The van der Waals surface area contributed by atoms with E-state index in [0.717, 1.165) is 11.3 Å². The zero-order valence-electron chi connectivity index (χ0n) is 8.97. The summed E-state index contributed by atoms with van der Waals surface area (Å²) in [7, 11) is 0. The van der Waals surface area contributed by atoms with E-state index in [4.69, 9.17) is 4.42 Å². The van der Waals surface area contributed by atoms with Gasteiger partial charge in [-0.2, -0.15) is 11.3 Å². The van der Waals surface area contributed by atoms with Gasteiger partial charge in [0.1, 0.15) is 5.76 Å². The van der Waals surface area contributed by atoms with E-state index >= 15 is 0 Å². The minimum Gasteiger partial charge on any atom is -0.469 e. The number of thiophene rings is 1. The lowest BCUT2D eigenvalue weighted by Crippen LogP contribution is -2.33. The Morgan fingerprint density at radius 3 is 3.06 bits per heavy atom. The molecule has 1 unspecified atom stereocenters. The number of hydrogen-bond acceptors (Lipinski definition) is 3. The van der Waals surface area contributed by atoms with Crippen molar-refractivity contribution in [2.45, 2.75) is 19.4 Å². The van der Waals surface area contributed by atoms with Crippen LogP contribution in [0.15, 0.2) is 39.6 Å². The summed E-state index contributed by atoms with van der Waals surface area (Å²) in [6.07, 6.45) is 2.35. The van der Waals surface area contributed by atoms with Crippen LogP contribution >= 0.6 is 11.3 Å². The SMILES string of the molecule is CC(Cc1ccco1)NC(=O)c1ccsc1. The molecule has 0 radical (unpaired) electrons. The van der Waals surface area contributed by atoms with Gasteiger partial charge in [-0.25, -0.2) is 0 Å². The molecule has 2 heterocycles. The number of carbonyl (C=O) groups is 1. The first-order valence-electron chi connectivity index (χ1n) is 5.11. The van der Waals surface area contributed by atoms with E-state index in [2.05, 4.69) is 5.32 Å². The van der Waals surface area contributed by atoms with Crippen LogP contribution in [0.2, 0.25) is 0 Å². The molecule has 3 nitrogen and oxygen atoms in total. The van der Waals surface area contributed by atoms with Crippen LogP contribution in [-0.2, 0) is 6.42 Å². The Morgan fingerprint density at radius 2 is 2.44 bits per heavy atom. The van der Waals surface area contributed by atoms with Gasteiger partial charge in [0.25, 0.3) is 5.91 Å². The van der Waals surface area contributed by atoms with Crippen LogP contribution in [0.1, 0.15) is 23.0 Å². The zero-order chi connectivity index (χ0) is 11.4. The maximum Gasteiger partial charge on any atom is 0.252 e. The molecular formula is C12H13NO2S. The van der Waals surface area contributed by atoms with E-state index in [1.165, 1.54) is 11.3 Å². The summed E-state index contributed by atoms with van der Waals surface area (Å²) in [4.78, 5) is 11.7. The number of rotatable bonds is 4. The van der Waals surface area contributed by atoms with Gasteiger partial charge in [0.2, 0.25) is 0 Å². The van der Waals surface area contributed by atoms with Crippen LogP contribution in [0.5, 0.6) is 0 Å². The van der Waals surface area contributed by atoms with Gasteiger partial charge in [0, 0.05) is 23.4 Å². The maximum atomic E-state index is 11.7. The molecular weight excluding hydrogens is 222 g/mol. The highest BCUT2D eigenvalue weighted by atomic mass is 32.1. The predicted octanol–water partition coefficient (Wildman–Crippen LogP) is 2.70. The second kappa shape index (κ2) is 4.99. The summed E-state index contributed by atoms with van der Waals surface area (Å²) in [5.74, 6) is 0.860. The van der Waals surface area contributed by atoms with Gasteiger partial charge in [-0.15, -0.1) is 0 Å². The fourth-order valence-corrected chi connectivity index (χ4v) is 2.12. The first kappa shape index (κ1) is 11.0. The van der Waals surface area contributed by atoms with Crippen molar-refractivity contribution >= 4 is 17.2 Å². The first-order valence-corrected chi connectivity index (χ1v) is 6.05. The molecule has 2 aromatic heterocycles. The zero-order valence-corrected chi connectivity index (χ0v) is 9.79. The molecule has 1 N–H and O–H groups in total. The summed E-state index contributed by atoms with van der Waals surface area (Å²) in [5, 5.41) is 6.67. The lowest BCUT2D eigenvalue weighted by Gasteiger charge is -2.11. The lowest BCUT2D eigenvalue weighted by atomic mass is 10.2. The Balaban J connectivity index is 1.88. The number of amides is 1. The van der Waals surface area contributed by atoms with E-state index in [-0.39, 0.29) is 11.9 Å². The highest BCUT2D eigenvalue weighted by Gasteiger charge is 2.11. The van der Waals surface area contributed by atoms with E-state index in [1.54, 1.807) is 6.26 Å². The second-order valence-corrected chi connectivity index (χ2v) is 4.45. The molecule has 4 heteroatoms. The Bertz CT molecular complexity index is 434. The lowest BCUT2D eigenvalue weighted by molar-refractivity contribution is 0.0940. The Morgan fingerprint density at radius 1 is 1.56 bits per heavy atom. The van der Waals surface area contributed by atoms with E-state index in [0.29, 0.717) is 6.42 Å². The summed E-state index contributed by atoms with van der Waals surface area (Å²) >= 11 is 1.52. The average molecular weight is 235 g/mol. The highest BCUT2D eigenvalue weighted by molar-refractivity contribution is 7.08. The normalized spacial score (nSPS) is 12.3. The highest BCUT2D eigenvalue weighted by Crippen LogP contribution is 2.07. The van der Waals surface area contributed by atoms with Gasteiger partial charge < -0.3 is 9.73 Å². The Hall–Kier alpha value is -1.55. The molecule has 2 aromatic rings. The standard InChI is InChI=1S/C12H13NO2S/c1-9(7-11-3-2-5-15-11)13-12(14)10-4-6-16-8-10/h2-6,8-9H,7H2,1H3,(H,13,14). The number of hydrogen-bond donors (Lipinski definition) is 1. The number of nitrogens with one attached hydrogen (secondary N) is 1. The monoisotopic (exact) mass is 235 g/mol. The predicted molar refractivity (Wildman–Crippen MR) is 63.7 cm³/mol. The van der Waals surface area contributed by atoms with Crippen molar-refractivity contribution in [3.05, 3.63) is 46.5 Å². The molecule has 0 aliphatic rings. The van der Waals surface area contributed by atoms with Gasteiger partial charge >= 0.3 is 0 Å². The molecule has 2 rings (SSSR count). The number of furan rings is 1. The molecule has 84 valence electrons. The van der Waals surface area contributed by atoms with Crippen LogP contribution in [0.3, 0.4) is 0 Å². The third-order valence-corrected chi connectivity index (χ3v) is 2.93. The maximum absolute atomic E-state index is 11.7. The van der Waals surface area contributed by atoms with E-state index < -0.39 is 0 Å². The van der Waals surface area contributed by atoms with Crippen LogP contribution in [0, 0.1) is 0 Å². The third kappa shape index (κ3) is 2.73. The molecule has 0 fully saturated rings. The summed E-state index contributed by atoms with van der Waals surface area (Å²) in [5.41, 5.74) is 0.719. The first-order chi connectivity index (χ1) is 7.75. The molecule has 0 spiro atoms. The van der Waals surface area contributed by atoms with Crippen molar-refractivity contribution in [3.8, 4) is 0 Å². The molecule has 0 bridgehead atoms. The van der Waals surface area contributed by atoms with Crippen molar-refractivity contribution in [2.24, 2.45) is 0 Å². The Labute approximate surface area is 98.1 Å². The third-order valence-electron chi connectivity index (χ3n) is 2.25. The van der Waals surface area contributed by atoms with Gasteiger partial charge in [-0.05, 0) is 30.5 Å². The van der Waals surface area contributed by atoms with Crippen molar-refractivity contribution < 1.29 is 9.21 Å². The van der Waals surface area contributed by atoms with Crippen molar-refractivity contribution in [1.29, 1.82) is 0 Å². The quantitative estimate of drug-likeness (QED) is 0.885. The Kier molecular flexibility index (Phi) is 3.41. The largest absolute Gasteiger partial charge is 0.469 e. The van der Waals surface area contributed by atoms with Gasteiger partial charge in [0.05, 0.1) is 6.26 Å². The van der Waals surface area contributed by atoms with Gasteiger partial charge in [-0.1, -0.05) is 0 Å².